The first-order valence-corrected chi connectivity index (χ1v) is 5.06. The maximum atomic E-state index is 10.3. The largest absolute Gasteiger partial charge is 0.392 e. The van der Waals surface area contributed by atoms with E-state index >= 15 is 0 Å². The summed E-state index contributed by atoms with van der Waals surface area (Å²) in [5.74, 6) is 0. The maximum Gasteiger partial charge on any atom is 0.325 e. The Bertz CT molecular complexity index is 181. The van der Waals surface area contributed by atoms with Gasteiger partial charge < -0.3 is 14.9 Å². The molecule has 0 amide bonds. The molecule has 5 heteroatoms. The molecular weight excluding hydrogens is 167 g/mol. The molecule has 0 bridgehead atoms. The van der Waals surface area contributed by atoms with Gasteiger partial charge in [0.15, 0.2) is 0 Å². The molecule has 0 aliphatic carbocycles. The Morgan fingerprint density at radius 3 is 2.45 bits per heavy atom. The number of hydrogen-bond acceptors (Lipinski definition) is 2. The molecule has 0 saturated carbocycles. The molecule has 0 saturated heterocycles. The predicted octanol–water partition coefficient (Wildman–Crippen LogP) is 0.493. The third kappa shape index (κ3) is 7.75. The summed E-state index contributed by atoms with van der Waals surface area (Å²) in [4.78, 5) is 16.9. The van der Waals surface area contributed by atoms with Gasteiger partial charge in [0.25, 0.3) is 0 Å². The van der Waals surface area contributed by atoms with Crippen LogP contribution in [0.1, 0.15) is 13.3 Å². The van der Waals surface area contributed by atoms with Crippen molar-refractivity contribution in [2.24, 2.45) is 0 Å². The third-order valence-electron chi connectivity index (χ3n) is 1.24. The van der Waals surface area contributed by atoms with Crippen LogP contribution in [-0.4, -0.2) is 27.7 Å². The Balaban J connectivity index is 3.72. The molecule has 0 rings (SSSR count). The van der Waals surface area contributed by atoms with Crippen molar-refractivity contribution in [3.05, 3.63) is 11.6 Å². The van der Waals surface area contributed by atoms with Gasteiger partial charge in [-0.25, -0.2) is 0 Å². The molecule has 3 N–H and O–H groups in total. The summed E-state index contributed by atoms with van der Waals surface area (Å²) in [6.07, 6.45) is 1.73. The van der Waals surface area contributed by atoms with Crippen LogP contribution < -0.4 is 0 Å². The number of rotatable bonds is 4. The number of aliphatic hydroxyl groups excluding tert-OH is 1. The van der Waals surface area contributed by atoms with Crippen LogP contribution in [0.25, 0.3) is 0 Å². The number of hydrogen-bond donors (Lipinski definition) is 3. The minimum Gasteiger partial charge on any atom is -0.392 e. The molecule has 0 spiro atoms. The van der Waals surface area contributed by atoms with E-state index in [2.05, 4.69) is 0 Å². The summed E-state index contributed by atoms with van der Waals surface area (Å²) in [6, 6.07) is 0. The molecule has 0 radical (unpaired) electrons. The second-order valence-electron chi connectivity index (χ2n) is 2.37. The smallest absolute Gasteiger partial charge is 0.325 e. The first kappa shape index (κ1) is 10.8. The fourth-order valence-electron chi connectivity index (χ4n) is 0.580. The van der Waals surface area contributed by atoms with E-state index in [9.17, 15) is 4.57 Å². The van der Waals surface area contributed by atoms with Gasteiger partial charge in [-0.15, -0.1) is 0 Å². The first-order chi connectivity index (χ1) is 4.95. The van der Waals surface area contributed by atoms with E-state index in [4.69, 9.17) is 14.9 Å². The van der Waals surface area contributed by atoms with E-state index < -0.39 is 7.60 Å². The fraction of sp³-hybridized carbons (Fsp3) is 0.667. The normalized spacial score (nSPS) is 13.6. The minimum absolute atomic E-state index is 0.0764. The van der Waals surface area contributed by atoms with Gasteiger partial charge in [0, 0.05) is 0 Å². The monoisotopic (exact) mass is 180 g/mol. The molecule has 11 heavy (non-hydrogen) atoms. The van der Waals surface area contributed by atoms with Crippen LogP contribution in [0, 0.1) is 0 Å². The quantitative estimate of drug-likeness (QED) is 0.434. The standard InChI is InChI=1S/C6H13O4P/c1-6(2-4-7)3-5-11(8,9)10/h2,7H,3-5H2,1H3,(H2,8,9,10)/b6-2-. The molecule has 0 aromatic carbocycles. The van der Waals surface area contributed by atoms with Crippen LogP contribution >= 0.6 is 7.60 Å². The maximum absolute atomic E-state index is 10.3. The van der Waals surface area contributed by atoms with Gasteiger partial charge in [-0.3, -0.25) is 4.57 Å². The molecule has 0 fully saturated rings. The Morgan fingerprint density at radius 2 is 2.09 bits per heavy atom. The summed E-state index contributed by atoms with van der Waals surface area (Å²) in [5, 5.41) is 8.40. The lowest BCUT2D eigenvalue weighted by Gasteiger charge is -2.02. The molecule has 0 aromatic rings. The van der Waals surface area contributed by atoms with E-state index in [1.807, 2.05) is 0 Å². The Kier molecular flexibility index (Phi) is 4.61. The lowest BCUT2D eigenvalue weighted by Crippen LogP contribution is -1.89. The zero-order valence-electron chi connectivity index (χ0n) is 6.40. The van der Waals surface area contributed by atoms with E-state index in [0.717, 1.165) is 5.57 Å². The van der Waals surface area contributed by atoms with Crippen LogP contribution in [0.3, 0.4) is 0 Å². The number of allylic oxidation sites excluding steroid dienone is 1. The van der Waals surface area contributed by atoms with E-state index in [-0.39, 0.29) is 12.8 Å². The van der Waals surface area contributed by atoms with Crippen molar-refractivity contribution in [2.45, 2.75) is 13.3 Å². The summed E-state index contributed by atoms with van der Waals surface area (Å²) < 4.78 is 10.3. The van der Waals surface area contributed by atoms with Crippen molar-refractivity contribution in [3.8, 4) is 0 Å². The van der Waals surface area contributed by atoms with Crippen molar-refractivity contribution in [2.75, 3.05) is 12.8 Å². The average Bonchev–Trinajstić information content (AvgIpc) is 1.83. The van der Waals surface area contributed by atoms with Crippen LogP contribution in [-0.2, 0) is 4.57 Å². The highest BCUT2D eigenvalue weighted by Gasteiger charge is 2.11. The van der Waals surface area contributed by atoms with Gasteiger partial charge in [-0.2, -0.15) is 0 Å². The molecule has 66 valence electrons. The van der Waals surface area contributed by atoms with Gasteiger partial charge in [0.1, 0.15) is 0 Å². The highest BCUT2D eigenvalue weighted by Crippen LogP contribution is 2.35. The highest BCUT2D eigenvalue weighted by atomic mass is 31.2. The minimum atomic E-state index is -3.87. The SMILES string of the molecule is C/C(=C/CO)CCP(=O)(O)O. The van der Waals surface area contributed by atoms with Gasteiger partial charge in [-0.1, -0.05) is 11.6 Å². The zero-order valence-corrected chi connectivity index (χ0v) is 7.29. The summed E-state index contributed by atoms with van der Waals surface area (Å²) >= 11 is 0. The van der Waals surface area contributed by atoms with Crippen LogP contribution in [0.15, 0.2) is 11.6 Å². The van der Waals surface area contributed by atoms with Crippen LogP contribution in [0.4, 0.5) is 0 Å². The Hall–Kier alpha value is -0.150. The molecule has 0 aliphatic rings. The molecular formula is C6H13O4P. The average molecular weight is 180 g/mol. The van der Waals surface area contributed by atoms with Gasteiger partial charge >= 0.3 is 7.60 Å². The van der Waals surface area contributed by atoms with E-state index in [1.54, 1.807) is 6.92 Å². The van der Waals surface area contributed by atoms with Gasteiger partial charge in [-0.05, 0) is 13.3 Å². The van der Waals surface area contributed by atoms with E-state index in [0.29, 0.717) is 6.42 Å². The van der Waals surface area contributed by atoms with Crippen molar-refractivity contribution in [3.63, 3.8) is 0 Å². The first-order valence-electron chi connectivity index (χ1n) is 3.27. The highest BCUT2D eigenvalue weighted by molar-refractivity contribution is 7.51. The van der Waals surface area contributed by atoms with Crippen LogP contribution in [0.2, 0.25) is 0 Å². The van der Waals surface area contributed by atoms with Crippen molar-refractivity contribution >= 4 is 7.60 Å². The Morgan fingerprint density at radius 1 is 1.55 bits per heavy atom. The lowest BCUT2D eigenvalue weighted by atomic mass is 10.2. The molecule has 0 unspecified atom stereocenters. The van der Waals surface area contributed by atoms with Crippen molar-refractivity contribution < 1.29 is 19.5 Å². The van der Waals surface area contributed by atoms with Crippen molar-refractivity contribution in [1.82, 2.24) is 0 Å². The Labute approximate surface area is 65.7 Å². The fourth-order valence-corrected chi connectivity index (χ4v) is 1.22. The molecule has 0 aromatic heterocycles. The van der Waals surface area contributed by atoms with Gasteiger partial charge in [0.05, 0.1) is 12.8 Å². The zero-order chi connectivity index (χ0) is 8.91. The molecule has 0 heterocycles. The topological polar surface area (TPSA) is 77.8 Å². The summed E-state index contributed by atoms with van der Waals surface area (Å²) in [7, 11) is -3.87. The summed E-state index contributed by atoms with van der Waals surface area (Å²) in [5.41, 5.74) is 0.802. The van der Waals surface area contributed by atoms with Gasteiger partial charge in [0.2, 0.25) is 0 Å². The van der Waals surface area contributed by atoms with Crippen LogP contribution in [0.5, 0.6) is 0 Å². The predicted molar refractivity (Wildman–Crippen MR) is 42.4 cm³/mol. The summed E-state index contributed by atoms with van der Waals surface area (Å²) in [6.45, 7) is 1.65. The van der Waals surface area contributed by atoms with Crippen molar-refractivity contribution in [1.29, 1.82) is 0 Å². The lowest BCUT2D eigenvalue weighted by molar-refractivity contribution is 0.341. The van der Waals surface area contributed by atoms with E-state index in [1.165, 1.54) is 6.08 Å². The molecule has 0 aliphatic heterocycles. The molecule has 4 nitrogen and oxygen atoms in total. The number of aliphatic hydroxyl groups is 1. The second kappa shape index (κ2) is 4.67. The third-order valence-corrected chi connectivity index (χ3v) is 2.04. The molecule has 0 atom stereocenters. The second-order valence-corrected chi connectivity index (χ2v) is 4.15.